The Hall–Kier alpha value is -5.37. The molecule has 0 aliphatic carbocycles. The SMILES string of the molecule is CCCOC(=O)c1ccc(Oc2c(C)oc3cc(OC(=O)N(c4ccccc4)c4ccccc4)ccc3c2=O)cc1. The lowest BCUT2D eigenvalue weighted by Crippen LogP contribution is -2.29. The van der Waals surface area contributed by atoms with Crippen LogP contribution in [-0.2, 0) is 4.74 Å². The molecule has 5 rings (SSSR count). The summed E-state index contributed by atoms with van der Waals surface area (Å²) in [6.45, 7) is 3.87. The maximum Gasteiger partial charge on any atom is 0.424 e. The number of anilines is 2. The Labute approximate surface area is 236 Å². The highest BCUT2D eigenvalue weighted by atomic mass is 16.6. The van der Waals surface area contributed by atoms with Crippen molar-refractivity contribution in [1.82, 2.24) is 0 Å². The summed E-state index contributed by atoms with van der Waals surface area (Å²) in [6.07, 6.45) is 0.107. The van der Waals surface area contributed by atoms with Crippen LogP contribution in [0.1, 0.15) is 29.5 Å². The van der Waals surface area contributed by atoms with E-state index in [4.69, 9.17) is 18.6 Å². The van der Waals surface area contributed by atoms with Gasteiger partial charge in [0.25, 0.3) is 0 Å². The summed E-state index contributed by atoms with van der Waals surface area (Å²) in [7, 11) is 0. The van der Waals surface area contributed by atoms with Gasteiger partial charge in [-0.15, -0.1) is 0 Å². The number of hydrogen-bond donors (Lipinski definition) is 0. The average Bonchev–Trinajstić information content (AvgIpc) is 2.99. The third kappa shape index (κ3) is 6.12. The predicted octanol–water partition coefficient (Wildman–Crippen LogP) is 7.80. The van der Waals surface area contributed by atoms with E-state index in [1.54, 1.807) is 31.2 Å². The summed E-state index contributed by atoms with van der Waals surface area (Å²) in [4.78, 5) is 40.1. The molecule has 5 aromatic rings. The van der Waals surface area contributed by atoms with E-state index in [1.807, 2.05) is 67.6 Å². The molecule has 1 amide bonds. The number of nitrogens with zero attached hydrogens (tertiary/aromatic N) is 1. The first kappa shape index (κ1) is 27.2. The minimum Gasteiger partial charge on any atom is -0.462 e. The number of rotatable bonds is 8. The zero-order valence-corrected chi connectivity index (χ0v) is 22.5. The number of aryl methyl sites for hydroxylation is 1. The molecule has 0 fully saturated rings. The van der Waals surface area contributed by atoms with Crippen molar-refractivity contribution in [2.45, 2.75) is 20.3 Å². The smallest absolute Gasteiger partial charge is 0.424 e. The predicted molar refractivity (Wildman–Crippen MR) is 155 cm³/mol. The maximum atomic E-state index is 13.3. The molecule has 0 bridgehead atoms. The number of amides is 1. The van der Waals surface area contributed by atoms with Gasteiger partial charge in [0.2, 0.25) is 11.2 Å². The third-order valence-electron chi connectivity index (χ3n) is 6.15. The van der Waals surface area contributed by atoms with Crippen LogP contribution >= 0.6 is 0 Å². The second-order valence-corrected chi connectivity index (χ2v) is 9.11. The van der Waals surface area contributed by atoms with Gasteiger partial charge in [-0.25, -0.2) is 14.5 Å². The van der Waals surface area contributed by atoms with E-state index < -0.39 is 12.1 Å². The van der Waals surface area contributed by atoms with Gasteiger partial charge in [0.15, 0.2) is 0 Å². The molecule has 0 saturated carbocycles. The van der Waals surface area contributed by atoms with E-state index in [2.05, 4.69) is 0 Å². The number of ether oxygens (including phenoxy) is 3. The van der Waals surface area contributed by atoms with Gasteiger partial charge in [0.05, 0.1) is 28.9 Å². The fourth-order valence-electron chi connectivity index (χ4n) is 4.17. The van der Waals surface area contributed by atoms with Gasteiger partial charge >= 0.3 is 12.1 Å². The normalized spacial score (nSPS) is 10.7. The number of carbonyl (C=O) groups is 2. The first-order valence-corrected chi connectivity index (χ1v) is 13.1. The molecular weight excluding hydrogens is 522 g/mol. The Balaban J connectivity index is 1.38. The van der Waals surface area contributed by atoms with Gasteiger partial charge in [-0.2, -0.15) is 0 Å². The zero-order valence-electron chi connectivity index (χ0n) is 22.5. The molecule has 0 unspecified atom stereocenters. The van der Waals surface area contributed by atoms with Crippen LogP contribution in [0, 0.1) is 6.92 Å². The van der Waals surface area contributed by atoms with E-state index in [-0.39, 0.29) is 33.7 Å². The number of para-hydroxylation sites is 2. The molecular formula is C33H27NO7. The molecule has 0 N–H and O–H groups in total. The second kappa shape index (κ2) is 12.2. The van der Waals surface area contributed by atoms with Crippen molar-refractivity contribution in [3.05, 3.63) is 125 Å². The number of carbonyl (C=O) groups excluding carboxylic acids is 2. The lowest BCUT2D eigenvalue weighted by atomic mass is 10.2. The Kier molecular flexibility index (Phi) is 8.10. The standard InChI is InChI=1S/C33H27NO7/c1-3-20-38-32(36)23-14-16-26(17-15-23)40-31-22(2)39-29-21-27(18-19-28(29)30(31)35)41-33(37)34(24-10-6-4-7-11-24)25-12-8-5-9-13-25/h4-19,21H,3,20H2,1-2H3. The Morgan fingerprint density at radius 1 is 0.805 bits per heavy atom. The van der Waals surface area contributed by atoms with E-state index >= 15 is 0 Å². The van der Waals surface area contributed by atoms with Gasteiger partial charge in [-0.1, -0.05) is 43.3 Å². The highest BCUT2D eigenvalue weighted by molar-refractivity contribution is 5.97. The third-order valence-corrected chi connectivity index (χ3v) is 6.15. The fourth-order valence-corrected chi connectivity index (χ4v) is 4.17. The molecule has 0 radical (unpaired) electrons. The summed E-state index contributed by atoms with van der Waals surface area (Å²) >= 11 is 0. The van der Waals surface area contributed by atoms with E-state index in [0.29, 0.717) is 29.3 Å². The summed E-state index contributed by atoms with van der Waals surface area (Å²) in [5.74, 6) is 0.405. The molecule has 41 heavy (non-hydrogen) atoms. The van der Waals surface area contributed by atoms with Crippen LogP contribution in [0.3, 0.4) is 0 Å². The summed E-state index contributed by atoms with van der Waals surface area (Å²) in [5.41, 5.74) is 1.51. The molecule has 8 nitrogen and oxygen atoms in total. The van der Waals surface area contributed by atoms with E-state index in [9.17, 15) is 14.4 Å². The van der Waals surface area contributed by atoms with Gasteiger partial charge < -0.3 is 18.6 Å². The minimum absolute atomic E-state index is 0.0166. The van der Waals surface area contributed by atoms with E-state index in [0.717, 1.165) is 6.42 Å². The zero-order chi connectivity index (χ0) is 28.8. The van der Waals surface area contributed by atoms with Crippen molar-refractivity contribution in [3.8, 4) is 17.2 Å². The van der Waals surface area contributed by atoms with Crippen molar-refractivity contribution in [3.63, 3.8) is 0 Å². The molecule has 0 atom stereocenters. The summed E-state index contributed by atoms with van der Waals surface area (Å²) in [6, 6.07) is 29.2. The van der Waals surface area contributed by atoms with Crippen molar-refractivity contribution in [1.29, 1.82) is 0 Å². The van der Waals surface area contributed by atoms with Crippen LogP contribution in [0.15, 0.2) is 112 Å². The first-order chi connectivity index (χ1) is 19.9. The molecule has 0 saturated heterocycles. The summed E-state index contributed by atoms with van der Waals surface area (Å²) in [5, 5.41) is 0.258. The lowest BCUT2D eigenvalue weighted by Gasteiger charge is -2.22. The van der Waals surface area contributed by atoms with Gasteiger partial charge in [0, 0.05) is 6.07 Å². The van der Waals surface area contributed by atoms with Crippen LogP contribution < -0.4 is 19.8 Å². The Bertz CT molecular complexity index is 1690. The molecule has 0 aliphatic heterocycles. The van der Waals surface area contributed by atoms with Crippen LogP contribution in [0.4, 0.5) is 16.2 Å². The maximum absolute atomic E-state index is 13.3. The highest BCUT2D eigenvalue weighted by Crippen LogP contribution is 2.30. The Morgan fingerprint density at radius 3 is 2.02 bits per heavy atom. The fraction of sp³-hybridized carbons (Fsp3) is 0.121. The highest BCUT2D eigenvalue weighted by Gasteiger charge is 2.21. The molecule has 1 aromatic heterocycles. The molecule has 1 heterocycles. The van der Waals surface area contributed by atoms with Gasteiger partial charge in [0.1, 0.15) is 22.8 Å². The van der Waals surface area contributed by atoms with Crippen LogP contribution in [0.2, 0.25) is 0 Å². The number of esters is 1. The minimum atomic E-state index is -0.622. The number of fused-ring (bicyclic) bond motifs is 1. The second-order valence-electron chi connectivity index (χ2n) is 9.11. The Morgan fingerprint density at radius 2 is 1.41 bits per heavy atom. The molecule has 206 valence electrons. The molecule has 4 aromatic carbocycles. The quantitative estimate of drug-likeness (QED) is 0.182. The largest absolute Gasteiger partial charge is 0.462 e. The van der Waals surface area contributed by atoms with Gasteiger partial charge in [-0.05, 0) is 74.0 Å². The molecule has 0 spiro atoms. The summed E-state index contributed by atoms with van der Waals surface area (Å²) < 4.78 is 22.6. The lowest BCUT2D eigenvalue weighted by molar-refractivity contribution is 0.0505. The average molecular weight is 550 g/mol. The molecule has 0 aliphatic rings. The van der Waals surface area contributed by atoms with Crippen molar-refractivity contribution in [2.75, 3.05) is 11.5 Å². The monoisotopic (exact) mass is 549 g/mol. The molecule has 8 heteroatoms. The van der Waals surface area contributed by atoms with Crippen molar-refractivity contribution in [2.24, 2.45) is 0 Å². The topological polar surface area (TPSA) is 95.3 Å². The number of benzene rings is 4. The van der Waals surface area contributed by atoms with Gasteiger partial charge in [-0.3, -0.25) is 4.79 Å². The van der Waals surface area contributed by atoms with Crippen LogP contribution in [0.25, 0.3) is 11.0 Å². The number of hydrogen-bond acceptors (Lipinski definition) is 7. The van der Waals surface area contributed by atoms with Crippen molar-refractivity contribution < 1.29 is 28.2 Å². The van der Waals surface area contributed by atoms with Crippen LogP contribution in [0.5, 0.6) is 17.2 Å². The van der Waals surface area contributed by atoms with Crippen molar-refractivity contribution >= 4 is 34.4 Å². The van der Waals surface area contributed by atoms with E-state index in [1.165, 1.54) is 23.1 Å². The first-order valence-electron chi connectivity index (χ1n) is 13.1. The van der Waals surface area contributed by atoms with Crippen LogP contribution in [-0.4, -0.2) is 18.7 Å².